The number of cyclic esters (lactones) is 1. The van der Waals surface area contributed by atoms with Crippen molar-refractivity contribution in [3.63, 3.8) is 0 Å². The Morgan fingerprint density at radius 2 is 1.77 bits per heavy atom. The number of amides is 1. The molecular weight excluding hydrogens is 435 g/mol. The second-order valence-corrected chi connectivity index (χ2v) is 7.30. The fourth-order valence-corrected chi connectivity index (χ4v) is 3.33. The lowest BCUT2D eigenvalue weighted by molar-refractivity contribution is -0.146. The number of benzene rings is 2. The van der Waals surface area contributed by atoms with Gasteiger partial charge in [0, 0.05) is 12.2 Å². The first-order chi connectivity index (χ1) is 14.3. The molecule has 0 radical (unpaired) electrons. The van der Waals surface area contributed by atoms with Gasteiger partial charge in [0.25, 0.3) is 0 Å². The van der Waals surface area contributed by atoms with Crippen LogP contribution in [0.5, 0.6) is 0 Å². The smallest absolute Gasteiger partial charge is 0.377 e. The van der Waals surface area contributed by atoms with E-state index in [1.807, 2.05) is 0 Å². The van der Waals surface area contributed by atoms with Crippen molar-refractivity contribution in [3.8, 4) is 0 Å². The third-order valence-corrected chi connectivity index (χ3v) is 5.02. The summed E-state index contributed by atoms with van der Waals surface area (Å²) in [6.07, 6.45) is -2.90. The van der Waals surface area contributed by atoms with Gasteiger partial charge in [-0.05, 0) is 23.8 Å². The maximum atomic E-state index is 12.3. The quantitative estimate of drug-likeness (QED) is 0.408. The minimum absolute atomic E-state index is 0.0323. The molecule has 8 nitrogen and oxygen atoms in total. The fraction of sp³-hybridized carbons (Fsp3) is 0.200. The Morgan fingerprint density at radius 1 is 1.10 bits per heavy atom. The predicted molar refractivity (Wildman–Crippen MR) is 111 cm³/mol. The van der Waals surface area contributed by atoms with Gasteiger partial charge in [0.05, 0.1) is 22.2 Å². The van der Waals surface area contributed by atoms with Crippen molar-refractivity contribution in [1.29, 1.82) is 0 Å². The Labute approximate surface area is 181 Å². The van der Waals surface area contributed by atoms with Crippen LogP contribution in [0.2, 0.25) is 10.0 Å². The molecule has 1 amide bonds. The number of esters is 1. The Kier molecular flexibility index (Phi) is 6.71. The first kappa shape index (κ1) is 21.8. The number of aliphatic hydroxyl groups excluding tert-OH is 3. The average molecular weight is 453 g/mol. The molecule has 3 rings (SSSR count). The molecule has 2 aromatic rings. The van der Waals surface area contributed by atoms with Crippen molar-refractivity contribution in [2.75, 3.05) is 11.9 Å². The highest BCUT2D eigenvalue weighted by Crippen LogP contribution is 2.33. The summed E-state index contributed by atoms with van der Waals surface area (Å²) in [4.78, 5) is 23.5. The average Bonchev–Trinajstić information content (AvgIpc) is 2.97. The topological polar surface area (TPSA) is 128 Å². The van der Waals surface area contributed by atoms with E-state index in [1.165, 1.54) is 0 Å². The van der Waals surface area contributed by atoms with E-state index >= 15 is 0 Å². The summed E-state index contributed by atoms with van der Waals surface area (Å²) < 4.78 is 4.66. The maximum absolute atomic E-state index is 12.3. The second kappa shape index (κ2) is 9.25. The molecule has 0 spiro atoms. The SMILES string of the molecule is O=C(Cc1ccccc1Nc1c(Cl)cccc1Cl)NC[C@H](O)[C@H]1OC(=O)C(O)=C1O. The Bertz CT molecular complexity index is 990. The van der Waals surface area contributed by atoms with Crippen LogP contribution in [-0.4, -0.2) is 45.9 Å². The molecule has 2 aromatic carbocycles. The van der Waals surface area contributed by atoms with Crippen LogP contribution in [0.1, 0.15) is 5.56 Å². The van der Waals surface area contributed by atoms with Gasteiger partial charge in [-0.1, -0.05) is 47.5 Å². The zero-order chi connectivity index (χ0) is 21.8. The summed E-state index contributed by atoms with van der Waals surface area (Å²) in [5.74, 6) is -3.29. The van der Waals surface area contributed by atoms with Crippen LogP contribution in [0.25, 0.3) is 0 Å². The van der Waals surface area contributed by atoms with E-state index in [-0.39, 0.29) is 13.0 Å². The zero-order valence-electron chi connectivity index (χ0n) is 15.4. The van der Waals surface area contributed by atoms with Crippen LogP contribution < -0.4 is 10.6 Å². The number of hydrogen-bond donors (Lipinski definition) is 5. The summed E-state index contributed by atoms with van der Waals surface area (Å²) in [5.41, 5.74) is 1.78. The highest BCUT2D eigenvalue weighted by Gasteiger charge is 2.39. The Morgan fingerprint density at radius 3 is 2.40 bits per heavy atom. The zero-order valence-corrected chi connectivity index (χ0v) is 16.9. The number of rotatable bonds is 7. The van der Waals surface area contributed by atoms with Gasteiger partial charge < -0.3 is 30.7 Å². The highest BCUT2D eigenvalue weighted by atomic mass is 35.5. The number of hydrogen-bond acceptors (Lipinski definition) is 7. The van der Waals surface area contributed by atoms with E-state index in [0.29, 0.717) is 27.0 Å². The van der Waals surface area contributed by atoms with Crippen LogP contribution >= 0.6 is 23.2 Å². The summed E-state index contributed by atoms with van der Waals surface area (Å²) in [6.45, 7) is -0.305. The first-order valence-electron chi connectivity index (χ1n) is 8.84. The molecule has 158 valence electrons. The molecule has 0 saturated heterocycles. The van der Waals surface area contributed by atoms with Gasteiger partial charge in [0.1, 0.15) is 6.10 Å². The number of halogens is 2. The lowest BCUT2D eigenvalue weighted by Crippen LogP contribution is -2.40. The summed E-state index contributed by atoms with van der Waals surface area (Å²) in [7, 11) is 0. The molecular formula is C20H18Cl2N2O6. The molecule has 0 unspecified atom stereocenters. The highest BCUT2D eigenvalue weighted by molar-refractivity contribution is 6.39. The minimum Gasteiger partial charge on any atom is -0.505 e. The number of para-hydroxylation sites is 2. The summed E-state index contributed by atoms with van der Waals surface area (Å²) >= 11 is 12.4. The number of nitrogens with one attached hydrogen (secondary N) is 2. The number of carbonyl (C=O) groups is 2. The Hall–Kier alpha value is -2.94. The van der Waals surface area contributed by atoms with E-state index in [0.717, 1.165) is 0 Å². The molecule has 0 bridgehead atoms. The van der Waals surface area contributed by atoms with Crippen LogP contribution in [0.15, 0.2) is 54.0 Å². The molecule has 0 saturated carbocycles. The normalized spacial score (nSPS) is 16.9. The predicted octanol–water partition coefficient (Wildman–Crippen LogP) is 3.01. The van der Waals surface area contributed by atoms with E-state index in [1.54, 1.807) is 42.5 Å². The largest absolute Gasteiger partial charge is 0.505 e. The third kappa shape index (κ3) is 4.79. The van der Waals surface area contributed by atoms with Crippen LogP contribution in [0, 0.1) is 0 Å². The summed E-state index contributed by atoms with van der Waals surface area (Å²) in [5, 5.41) is 35.4. The molecule has 2 atom stereocenters. The van der Waals surface area contributed by atoms with Crippen LogP contribution in [0.4, 0.5) is 11.4 Å². The van der Waals surface area contributed by atoms with E-state index < -0.39 is 35.6 Å². The van der Waals surface area contributed by atoms with E-state index in [4.69, 9.17) is 23.2 Å². The molecule has 0 aromatic heterocycles. The van der Waals surface area contributed by atoms with Gasteiger partial charge >= 0.3 is 5.97 Å². The fourth-order valence-electron chi connectivity index (χ4n) is 2.84. The van der Waals surface area contributed by atoms with Crippen molar-refractivity contribution in [2.24, 2.45) is 0 Å². The Balaban J connectivity index is 1.63. The van der Waals surface area contributed by atoms with Gasteiger partial charge in [-0.15, -0.1) is 0 Å². The molecule has 0 aliphatic carbocycles. The molecule has 5 N–H and O–H groups in total. The van der Waals surface area contributed by atoms with Crippen molar-refractivity contribution in [3.05, 3.63) is 69.6 Å². The third-order valence-electron chi connectivity index (χ3n) is 4.39. The number of ether oxygens (including phenoxy) is 1. The van der Waals surface area contributed by atoms with Gasteiger partial charge in [-0.3, -0.25) is 4.79 Å². The lowest BCUT2D eigenvalue weighted by Gasteiger charge is -2.18. The van der Waals surface area contributed by atoms with Gasteiger partial charge in [0.2, 0.25) is 11.7 Å². The van der Waals surface area contributed by atoms with Crippen LogP contribution in [-0.2, 0) is 20.7 Å². The number of aliphatic hydroxyl groups is 3. The van der Waals surface area contributed by atoms with E-state index in [9.17, 15) is 24.9 Å². The summed E-state index contributed by atoms with van der Waals surface area (Å²) in [6, 6.07) is 12.1. The van der Waals surface area contributed by atoms with Crippen molar-refractivity contribution in [1.82, 2.24) is 5.32 Å². The molecule has 10 heteroatoms. The van der Waals surface area contributed by atoms with Crippen molar-refractivity contribution < 1.29 is 29.6 Å². The van der Waals surface area contributed by atoms with Crippen LogP contribution in [0.3, 0.4) is 0 Å². The number of carbonyl (C=O) groups excluding carboxylic acids is 2. The number of anilines is 2. The first-order valence-corrected chi connectivity index (χ1v) is 9.60. The molecule has 1 heterocycles. The van der Waals surface area contributed by atoms with Gasteiger partial charge in [-0.25, -0.2) is 4.79 Å². The second-order valence-electron chi connectivity index (χ2n) is 6.49. The van der Waals surface area contributed by atoms with E-state index in [2.05, 4.69) is 15.4 Å². The lowest BCUT2D eigenvalue weighted by atomic mass is 10.1. The molecule has 1 aliphatic rings. The van der Waals surface area contributed by atoms with Gasteiger partial charge in [-0.2, -0.15) is 0 Å². The monoisotopic (exact) mass is 452 g/mol. The van der Waals surface area contributed by atoms with Crippen molar-refractivity contribution >= 4 is 46.5 Å². The maximum Gasteiger partial charge on any atom is 0.377 e. The molecule has 0 fully saturated rings. The van der Waals surface area contributed by atoms with Gasteiger partial charge in [0.15, 0.2) is 11.9 Å². The molecule has 30 heavy (non-hydrogen) atoms. The van der Waals surface area contributed by atoms with Crippen molar-refractivity contribution in [2.45, 2.75) is 18.6 Å². The minimum atomic E-state index is -1.44. The standard InChI is InChI=1S/C20H18Cl2N2O6/c21-11-5-3-6-12(22)16(11)24-13-7-2-1-4-10(13)8-15(26)23-9-14(25)19-17(27)18(28)20(29)30-19/h1-7,14,19,24-25,27-28H,8-9H2,(H,23,26)/t14-,19+/m0/s1. The molecule has 1 aliphatic heterocycles.